The number of anilines is 2. The van der Waals surface area contributed by atoms with E-state index >= 15 is 0 Å². The normalized spacial score (nSPS) is 11.3. The van der Waals surface area contributed by atoms with Gasteiger partial charge in [0.25, 0.3) is 6.01 Å². The van der Waals surface area contributed by atoms with Crippen LogP contribution in [0.4, 0.5) is 24.9 Å². The van der Waals surface area contributed by atoms with Gasteiger partial charge >= 0.3 is 12.1 Å². The van der Waals surface area contributed by atoms with Crippen molar-refractivity contribution in [3.8, 4) is 11.3 Å². The van der Waals surface area contributed by atoms with Crippen molar-refractivity contribution in [2.45, 2.75) is 6.18 Å². The maximum absolute atomic E-state index is 12.6. The first-order chi connectivity index (χ1) is 11.8. The lowest BCUT2D eigenvalue weighted by Crippen LogP contribution is -2.04. The average molecular weight is 350 g/mol. The molecule has 0 aliphatic carbocycles. The quantitative estimate of drug-likeness (QED) is 0.741. The zero-order chi connectivity index (χ0) is 18.0. The number of carbonyl (C=O) groups is 1. The SMILES string of the molecule is O=C(O)c1ncc(Nc2nc(-c3ccc(C(F)(F)F)cc3)co2)cn1. The lowest BCUT2D eigenvalue weighted by atomic mass is 10.1. The Bertz CT molecular complexity index is 890. The summed E-state index contributed by atoms with van der Waals surface area (Å²) in [6, 6.07) is 4.54. The number of benzene rings is 1. The molecule has 0 atom stereocenters. The summed E-state index contributed by atoms with van der Waals surface area (Å²) in [6.45, 7) is 0. The maximum Gasteiger partial charge on any atom is 0.416 e. The Labute approximate surface area is 138 Å². The van der Waals surface area contributed by atoms with E-state index in [4.69, 9.17) is 9.52 Å². The van der Waals surface area contributed by atoms with Gasteiger partial charge in [0.2, 0.25) is 5.82 Å². The van der Waals surface area contributed by atoms with Gasteiger partial charge in [-0.3, -0.25) is 0 Å². The van der Waals surface area contributed by atoms with E-state index in [1.54, 1.807) is 0 Å². The van der Waals surface area contributed by atoms with Crippen molar-refractivity contribution >= 4 is 17.7 Å². The highest BCUT2D eigenvalue weighted by molar-refractivity contribution is 5.83. The minimum absolute atomic E-state index is 0.0570. The molecular formula is C15H9F3N4O3. The number of nitrogens with zero attached hydrogens (tertiary/aromatic N) is 3. The fraction of sp³-hybridized carbons (Fsp3) is 0.0667. The summed E-state index contributed by atoms with van der Waals surface area (Å²) in [4.78, 5) is 22.0. The minimum Gasteiger partial charge on any atom is -0.475 e. The first-order valence-corrected chi connectivity index (χ1v) is 6.78. The Kier molecular flexibility index (Phi) is 4.09. The molecule has 0 unspecified atom stereocenters. The second-order valence-corrected chi connectivity index (χ2v) is 4.84. The van der Waals surface area contributed by atoms with E-state index in [1.165, 1.54) is 30.8 Å². The van der Waals surface area contributed by atoms with Gasteiger partial charge in [-0.25, -0.2) is 14.8 Å². The van der Waals surface area contributed by atoms with E-state index in [2.05, 4.69) is 20.3 Å². The van der Waals surface area contributed by atoms with Crippen LogP contribution in [-0.2, 0) is 6.18 Å². The van der Waals surface area contributed by atoms with Crippen LogP contribution in [0.2, 0.25) is 0 Å². The van der Waals surface area contributed by atoms with Gasteiger partial charge in [0, 0.05) is 5.56 Å². The van der Waals surface area contributed by atoms with Crippen LogP contribution in [0.5, 0.6) is 0 Å². The third-order valence-corrected chi connectivity index (χ3v) is 3.11. The molecule has 10 heteroatoms. The summed E-state index contributed by atoms with van der Waals surface area (Å²) in [7, 11) is 0. The molecule has 25 heavy (non-hydrogen) atoms. The summed E-state index contributed by atoms with van der Waals surface area (Å²) in [5.74, 6) is -1.62. The number of hydrogen-bond donors (Lipinski definition) is 2. The number of halogens is 3. The van der Waals surface area contributed by atoms with Crippen LogP contribution in [0.25, 0.3) is 11.3 Å². The molecule has 0 amide bonds. The lowest BCUT2D eigenvalue weighted by Gasteiger charge is -2.06. The van der Waals surface area contributed by atoms with Gasteiger partial charge in [0.15, 0.2) is 0 Å². The van der Waals surface area contributed by atoms with E-state index in [0.717, 1.165) is 12.1 Å². The highest BCUT2D eigenvalue weighted by Gasteiger charge is 2.30. The van der Waals surface area contributed by atoms with Crippen LogP contribution in [0.3, 0.4) is 0 Å². The molecule has 0 saturated carbocycles. The van der Waals surface area contributed by atoms with Crippen molar-refractivity contribution < 1.29 is 27.5 Å². The van der Waals surface area contributed by atoms with Crippen LogP contribution in [0, 0.1) is 0 Å². The highest BCUT2D eigenvalue weighted by Crippen LogP contribution is 2.31. The molecule has 2 aromatic heterocycles. The Hall–Kier alpha value is -3.43. The van der Waals surface area contributed by atoms with Crippen molar-refractivity contribution in [2.75, 3.05) is 5.32 Å². The summed E-state index contributed by atoms with van der Waals surface area (Å²) in [5.41, 5.74) is 0.362. The smallest absolute Gasteiger partial charge is 0.416 e. The second-order valence-electron chi connectivity index (χ2n) is 4.84. The summed E-state index contributed by atoms with van der Waals surface area (Å²) >= 11 is 0. The van der Waals surface area contributed by atoms with Gasteiger partial charge in [-0.15, -0.1) is 0 Å². The molecule has 2 heterocycles. The molecule has 3 rings (SSSR count). The van der Waals surface area contributed by atoms with Crippen molar-refractivity contribution in [1.82, 2.24) is 15.0 Å². The second kappa shape index (κ2) is 6.23. The van der Waals surface area contributed by atoms with E-state index in [9.17, 15) is 18.0 Å². The first-order valence-electron chi connectivity index (χ1n) is 6.78. The molecule has 0 aliphatic rings. The molecule has 3 aromatic rings. The summed E-state index contributed by atoms with van der Waals surface area (Å²) in [5, 5.41) is 11.4. The lowest BCUT2D eigenvalue weighted by molar-refractivity contribution is -0.137. The fourth-order valence-electron chi connectivity index (χ4n) is 1.92. The third-order valence-electron chi connectivity index (χ3n) is 3.11. The van der Waals surface area contributed by atoms with Crippen molar-refractivity contribution in [2.24, 2.45) is 0 Å². The summed E-state index contributed by atoms with van der Waals surface area (Å²) < 4.78 is 42.8. The van der Waals surface area contributed by atoms with E-state index in [-0.39, 0.29) is 11.8 Å². The number of rotatable bonds is 4. The molecule has 1 aromatic carbocycles. The molecule has 0 aliphatic heterocycles. The molecule has 0 fully saturated rings. The van der Waals surface area contributed by atoms with E-state index in [1.807, 2.05) is 0 Å². The molecule has 128 valence electrons. The van der Waals surface area contributed by atoms with Crippen LogP contribution in [0.1, 0.15) is 16.2 Å². The number of aromatic carboxylic acids is 1. The van der Waals surface area contributed by atoms with Gasteiger partial charge in [-0.05, 0) is 12.1 Å². The van der Waals surface area contributed by atoms with Crippen molar-refractivity contribution in [3.05, 3.63) is 54.3 Å². The first kappa shape index (κ1) is 16.4. The molecule has 2 N–H and O–H groups in total. The number of oxazole rings is 1. The van der Waals surface area contributed by atoms with Crippen molar-refractivity contribution in [3.63, 3.8) is 0 Å². The van der Waals surface area contributed by atoms with Gasteiger partial charge in [-0.1, -0.05) is 12.1 Å². The zero-order valence-electron chi connectivity index (χ0n) is 12.3. The van der Waals surface area contributed by atoms with Gasteiger partial charge < -0.3 is 14.8 Å². The average Bonchev–Trinajstić information content (AvgIpc) is 3.03. The standard InChI is InChI=1S/C15H9F3N4O3/c16-15(17,18)9-3-1-8(2-4-9)11-7-25-14(22-11)21-10-5-19-12(13(23)24)20-6-10/h1-7H,(H,21,22)(H,23,24). The third kappa shape index (κ3) is 3.74. The number of carboxylic acids is 1. The maximum atomic E-state index is 12.6. The molecule has 0 spiro atoms. The van der Waals surface area contributed by atoms with Crippen LogP contribution in [-0.4, -0.2) is 26.0 Å². The summed E-state index contributed by atoms with van der Waals surface area (Å²) in [6.07, 6.45) is -0.661. The monoisotopic (exact) mass is 350 g/mol. The number of carboxylic acid groups (broad SMARTS) is 1. The van der Waals surface area contributed by atoms with Crippen LogP contribution < -0.4 is 5.32 Å². The van der Waals surface area contributed by atoms with E-state index < -0.39 is 17.7 Å². The van der Waals surface area contributed by atoms with Crippen LogP contribution in [0.15, 0.2) is 47.3 Å². The number of hydrogen-bond acceptors (Lipinski definition) is 6. The van der Waals surface area contributed by atoms with E-state index in [0.29, 0.717) is 16.9 Å². The molecule has 0 bridgehead atoms. The number of nitrogens with one attached hydrogen (secondary N) is 1. The Morgan fingerprint density at radius 2 is 1.76 bits per heavy atom. The Balaban J connectivity index is 1.75. The highest BCUT2D eigenvalue weighted by atomic mass is 19.4. The van der Waals surface area contributed by atoms with Gasteiger partial charge in [0.1, 0.15) is 12.0 Å². The topological polar surface area (TPSA) is 101 Å². The van der Waals surface area contributed by atoms with Gasteiger partial charge in [0.05, 0.1) is 23.6 Å². The van der Waals surface area contributed by atoms with Crippen molar-refractivity contribution in [1.29, 1.82) is 0 Å². The zero-order valence-corrected chi connectivity index (χ0v) is 12.3. The molecule has 7 nitrogen and oxygen atoms in total. The van der Waals surface area contributed by atoms with Gasteiger partial charge in [-0.2, -0.15) is 18.2 Å². The predicted molar refractivity (Wildman–Crippen MR) is 79.2 cm³/mol. The largest absolute Gasteiger partial charge is 0.475 e. The Morgan fingerprint density at radius 1 is 1.12 bits per heavy atom. The predicted octanol–water partition coefficient (Wildman–Crippen LogP) is 3.59. The Morgan fingerprint density at radius 3 is 2.32 bits per heavy atom. The fourth-order valence-corrected chi connectivity index (χ4v) is 1.92. The number of alkyl halides is 3. The molecule has 0 radical (unpaired) electrons. The number of aromatic nitrogens is 3. The molecular weight excluding hydrogens is 341 g/mol. The van der Waals surface area contributed by atoms with Crippen LogP contribution >= 0.6 is 0 Å². The minimum atomic E-state index is -4.41. The molecule has 0 saturated heterocycles.